The topological polar surface area (TPSA) is 72.2 Å². The van der Waals surface area contributed by atoms with E-state index in [9.17, 15) is 9.59 Å². The van der Waals surface area contributed by atoms with Crippen LogP contribution < -0.4 is 11.1 Å². The van der Waals surface area contributed by atoms with E-state index in [-0.39, 0.29) is 23.7 Å². The van der Waals surface area contributed by atoms with E-state index in [1.165, 1.54) is 0 Å². The van der Waals surface area contributed by atoms with Gasteiger partial charge in [-0.2, -0.15) is 0 Å². The number of hydrogen-bond acceptors (Lipinski definition) is 2. The van der Waals surface area contributed by atoms with Crippen LogP contribution in [0.3, 0.4) is 0 Å². The van der Waals surface area contributed by atoms with Gasteiger partial charge in [-0.05, 0) is 18.8 Å². The van der Waals surface area contributed by atoms with Gasteiger partial charge in [0.1, 0.15) is 0 Å². The zero-order valence-electron chi connectivity index (χ0n) is 10.7. The number of carbonyl (C=O) groups is 2. The molecular formula is C12H24N2O2. The Balaban J connectivity index is 4.80. The summed E-state index contributed by atoms with van der Waals surface area (Å²) < 4.78 is 0. The molecule has 0 fully saturated rings. The Labute approximate surface area is 98.0 Å². The lowest BCUT2D eigenvalue weighted by Gasteiger charge is -2.24. The molecule has 0 unspecified atom stereocenters. The molecule has 0 saturated carbocycles. The van der Waals surface area contributed by atoms with E-state index in [4.69, 9.17) is 5.73 Å². The van der Waals surface area contributed by atoms with Crippen LogP contribution >= 0.6 is 0 Å². The summed E-state index contributed by atoms with van der Waals surface area (Å²) in [5.41, 5.74) is 5.37. The molecule has 0 aromatic rings. The minimum atomic E-state index is -0.365. The fourth-order valence-electron chi connectivity index (χ4n) is 2.00. The number of nitrogens with two attached hydrogens (primary N) is 1. The molecular weight excluding hydrogens is 204 g/mol. The van der Waals surface area contributed by atoms with Crippen LogP contribution in [-0.4, -0.2) is 18.9 Å². The van der Waals surface area contributed by atoms with Crippen molar-refractivity contribution in [1.29, 1.82) is 0 Å². The van der Waals surface area contributed by atoms with Crippen molar-refractivity contribution in [3.63, 3.8) is 0 Å². The molecule has 0 aromatic carbocycles. The van der Waals surface area contributed by atoms with Gasteiger partial charge in [-0.25, -0.2) is 0 Å². The molecule has 0 rings (SSSR count). The summed E-state index contributed by atoms with van der Waals surface area (Å²) in [7, 11) is 1.60. The van der Waals surface area contributed by atoms with Crippen molar-refractivity contribution in [1.82, 2.24) is 5.32 Å². The second kappa shape index (κ2) is 7.25. The predicted octanol–water partition coefficient (Wildman–Crippen LogP) is 1.30. The fourth-order valence-corrected chi connectivity index (χ4v) is 2.00. The molecule has 0 heterocycles. The number of primary amides is 1. The van der Waals surface area contributed by atoms with Crippen LogP contribution in [0.15, 0.2) is 0 Å². The van der Waals surface area contributed by atoms with E-state index in [0.717, 1.165) is 6.42 Å². The first-order valence-electron chi connectivity index (χ1n) is 5.94. The second-order valence-electron chi connectivity index (χ2n) is 4.65. The van der Waals surface area contributed by atoms with Gasteiger partial charge in [0.05, 0.1) is 0 Å². The maximum Gasteiger partial charge on any atom is 0.223 e. The summed E-state index contributed by atoms with van der Waals surface area (Å²) in [6, 6.07) is 0. The van der Waals surface area contributed by atoms with Crippen molar-refractivity contribution in [2.45, 2.75) is 40.0 Å². The summed E-state index contributed by atoms with van der Waals surface area (Å²) in [5.74, 6) is -0.696. The first kappa shape index (κ1) is 14.9. The Morgan fingerprint density at radius 1 is 1.25 bits per heavy atom. The lowest BCUT2D eigenvalue weighted by atomic mass is 9.81. The van der Waals surface area contributed by atoms with Crippen molar-refractivity contribution < 1.29 is 9.59 Å². The fraction of sp³-hybridized carbons (Fsp3) is 0.833. The SMILES string of the molecule is CCC[C@H](C(N)=O)[C@@H](CC(C)C)C(=O)NC. The molecule has 0 bridgehead atoms. The zero-order valence-corrected chi connectivity index (χ0v) is 10.7. The summed E-state index contributed by atoms with van der Waals surface area (Å²) in [6.07, 6.45) is 2.24. The highest BCUT2D eigenvalue weighted by Crippen LogP contribution is 2.24. The maximum atomic E-state index is 11.7. The number of nitrogens with one attached hydrogen (secondary N) is 1. The predicted molar refractivity (Wildman–Crippen MR) is 64.6 cm³/mol. The van der Waals surface area contributed by atoms with Crippen LogP contribution in [0, 0.1) is 17.8 Å². The molecule has 0 radical (unpaired) electrons. The summed E-state index contributed by atoms with van der Waals surface area (Å²) in [4.78, 5) is 23.1. The second-order valence-corrected chi connectivity index (χ2v) is 4.65. The summed E-state index contributed by atoms with van der Waals surface area (Å²) in [5, 5.41) is 2.62. The molecule has 16 heavy (non-hydrogen) atoms. The molecule has 3 N–H and O–H groups in total. The molecule has 0 saturated heterocycles. The Bertz CT molecular complexity index is 239. The van der Waals surface area contributed by atoms with E-state index >= 15 is 0 Å². The molecule has 0 aliphatic carbocycles. The quantitative estimate of drug-likeness (QED) is 0.689. The molecule has 0 aliphatic rings. The van der Waals surface area contributed by atoms with Crippen LogP contribution in [0.2, 0.25) is 0 Å². The molecule has 4 nitrogen and oxygen atoms in total. The number of rotatable bonds is 7. The van der Waals surface area contributed by atoms with Gasteiger partial charge in [0.15, 0.2) is 0 Å². The summed E-state index contributed by atoms with van der Waals surface area (Å²) in [6.45, 7) is 6.08. The Morgan fingerprint density at radius 2 is 1.81 bits per heavy atom. The van der Waals surface area contributed by atoms with Crippen molar-refractivity contribution in [2.75, 3.05) is 7.05 Å². The van der Waals surface area contributed by atoms with Crippen molar-refractivity contribution in [3.05, 3.63) is 0 Å². The van der Waals surface area contributed by atoms with Crippen LogP contribution in [0.1, 0.15) is 40.0 Å². The zero-order chi connectivity index (χ0) is 12.7. The van der Waals surface area contributed by atoms with E-state index in [1.54, 1.807) is 7.05 Å². The molecule has 0 aliphatic heterocycles. The van der Waals surface area contributed by atoms with Gasteiger partial charge in [-0.3, -0.25) is 9.59 Å². The molecule has 94 valence electrons. The van der Waals surface area contributed by atoms with E-state index in [2.05, 4.69) is 5.32 Å². The Kier molecular flexibility index (Phi) is 6.77. The average molecular weight is 228 g/mol. The van der Waals surface area contributed by atoms with Gasteiger partial charge in [0, 0.05) is 18.9 Å². The number of hydrogen-bond donors (Lipinski definition) is 2. The molecule has 2 atom stereocenters. The van der Waals surface area contributed by atoms with Gasteiger partial charge in [-0.1, -0.05) is 27.2 Å². The minimum absolute atomic E-state index is 0.0778. The Hall–Kier alpha value is -1.06. The normalized spacial score (nSPS) is 14.6. The monoisotopic (exact) mass is 228 g/mol. The molecule has 0 spiro atoms. The third-order valence-electron chi connectivity index (χ3n) is 2.76. The lowest BCUT2D eigenvalue weighted by molar-refractivity contribution is -0.133. The lowest BCUT2D eigenvalue weighted by Crippen LogP contribution is -2.39. The van der Waals surface area contributed by atoms with Crippen LogP contribution in [0.25, 0.3) is 0 Å². The molecule has 4 heteroatoms. The standard InChI is InChI=1S/C12H24N2O2/c1-5-6-9(11(13)15)10(7-8(2)3)12(16)14-4/h8-10H,5-7H2,1-4H3,(H2,13,15)(H,14,16)/t9-,10+/m0/s1. The van der Waals surface area contributed by atoms with Crippen LogP contribution in [-0.2, 0) is 9.59 Å². The number of carbonyl (C=O) groups excluding carboxylic acids is 2. The molecule has 0 aromatic heterocycles. The smallest absolute Gasteiger partial charge is 0.223 e. The highest BCUT2D eigenvalue weighted by molar-refractivity contribution is 5.86. The third kappa shape index (κ3) is 4.64. The van der Waals surface area contributed by atoms with E-state index in [1.807, 2.05) is 20.8 Å². The largest absolute Gasteiger partial charge is 0.369 e. The summed E-state index contributed by atoms with van der Waals surface area (Å²) >= 11 is 0. The van der Waals surface area contributed by atoms with Crippen molar-refractivity contribution in [2.24, 2.45) is 23.5 Å². The minimum Gasteiger partial charge on any atom is -0.369 e. The van der Waals surface area contributed by atoms with Gasteiger partial charge >= 0.3 is 0 Å². The highest BCUT2D eigenvalue weighted by Gasteiger charge is 2.31. The van der Waals surface area contributed by atoms with Crippen molar-refractivity contribution >= 4 is 11.8 Å². The van der Waals surface area contributed by atoms with Gasteiger partial charge in [-0.15, -0.1) is 0 Å². The number of amides is 2. The highest BCUT2D eigenvalue weighted by atomic mass is 16.2. The third-order valence-corrected chi connectivity index (χ3v) is 2.76. The maximum absolute atomic E-state index is 11.7. The van der Waals surface area contributed by atoms with E-state index in [0.29, 0.717) is 18.8 Å². The molecule has 2 amide bonds. The van der Waals surface area contributed by atoms with Gasteiger partial charge < -0.3 is 11.1 Å². The van der Waals surface area contributed by atoms with Crippen molar-refractivity contribution in [3.8, 4) is 0 Å². The van der Waals surface area contributed by atoms with Gasteiger partial charge in [0.25, 0.3) is 0 Å². The first-order chi connectivity index (χ1) is 7.43. The van der Waals surface area contributed by atoms with Gasteiger partial charge in [0.2, 0.25) is 11.8 Å². The van der Waals surface area contributed by atoms with Crippen LogP contribution in [0.5, 0.6) is 0 Å². The first-order valence-corrected chi connectivity index (χ1v) is 5.94. The van der Waals surface area contributed by atoms with Crippen LogP contribution in [0.4, 0.5) is 0 Å². The average Bonchev–Trinajstić information content (AvgIpc) is 2.21. The Morgan fingerprint density at radius 3 is 2.12 bits per heavy atom. The van der Waals surface area contributed by atoms with E-state index < -0.39 is 0 Å².